The number of hydrogen-bond donors (Lipinski definition) is 2. The van der Waals surface area contributed by atoms with Crippen molar-refractivity contribution in [2.24, 2.45) is 5.73 Å². The Morgan fingerprint density at radius 2 is 2.12 bits per heavy atom. The Hall–Kier alpha value is -1.36. The van der Waals surface area contributed by atoms with Crippen LogP contribution in [0.3, 0.4) is 0 Å². The number of aromatic amines is 1. The summed E-state index contributed by atoms with van der Waals surface area (Å²) in [5.41, 5.74) is 5.76. The third-order valence-corrected chi connectivity index (χ3v) is 3.31. The van der Waals surface area contributed by atoms with Gasteiger partial charge in [0.15, 0.2) is 0 Å². The molecule has 0 unspecified atom stereocenters. The molecule has 1 saturated carbocycles. The molecule has 1 heterocycles. The van der Waals surface area contributed by atoms with Crippen molar-refractivity contribution in [2.45, 2.75) is 37.8 Å². The first kappa shape index (κ1) is 11.1. The minimum absolute atomic E-state index is 0.107. The van der Waals surface area contributed by atoms with Crippen LogP contribution in [0.15, 0.2) is 17.2 Å². The molecule has 1 aliphatic rings. The van der Waals surface area contributed by atoms with Crippen LogP contribution in [0.1, 0.15) is 25.7 Å². The van der Waals surface area contributed by atoms with Gasteiger partial charge < -0.3 is 15.6 Å². The average Bonchev–Trinajstić information content (AvgIpc) is 2.29. The first-order valence-corrected chi connectivity index (χ1v) is 5.70. The highest BCUT2D eigenvalue weighted by molar-refractivity contribution is 5.36. The summed E-state index contributed by atoms with van der Waals surface area (Å²) in [4.78, 5) is 20.0. The van der Waals surface area contributed by atoms with E-state index in [2.05, 4.69) is 14.9 Å². The Labute approximate surface area is 94.7 Å². The van der Waals surface area contributed by atoms with Crippen LogP contribution in [-0.2, 0) is 0 Å². The molecule has 2 rings (SSSR count). The largest absolute Gasteiger partial charge is 0.356 e. The Balaban J connectivity index is 2.07. The standard InChI is InChI=1S/C11H18N4O/c1-15(9-4-2-8(12)3-5-9)10-6-11(16)14-7-13-10/h6-9H,2-5,12H2,1H3,(H,13,14,16). The van der Waals surface area contributed by atoms with Crippen molar-refractivity contribution in [3.63, 3.8) is 0 Å². The fourth-order valence-electron chi connectivity index (χ4n) is 2.23. The zero-order valence-electron chi connectivity index (χ0n) is 9.52. The second-order valence-electron chi connectivity index (χ2n) is 4.45. The number of H-pyrrole nitrogens is 1. The van der Waals surface area contributed by atoms with E-state index in [-0.39, 0.29) is 5.56 Å². The highest BCUT2D eigenvalue weighted by atomic mass is 16.1. The zero-order valence-corrected chi connectivity index (χ0v) is 9.52. The van der Waals surface area contributed by atoms with E-state index < -0.39 is 0 Å². The smallest absolute Gasteiger partial charge is 0.252 e. The van der Waals surface area contributed by atoms with Gasteiger partial charge in [0.2, 0.25) is 0 Å². The Morgan fingerprint density at radius 3 is 2.75 bits per heavy atom. The van der Waals surface area contributed by atoms with E-state index >= 15 is 0 Å². The predicted octanol–water partition coefficient (Wildman–Crippen LogP) is 0.476. The summed E-state index contributed by atoms with van der Waals surface area (Å²) in [6, 6.07) is 2.33. The summed E-state index contributed by atoms with van der Waals surface area (Å²) in [5.74, 6) is 0.740. The summed E-state index contributed by atoms with van der Waals surface area (Å²) in [7, 11) is 1.99. The molecule has 16 heavy (non-hydrogen) atoms. The number of nitrogens with two attached hydrogens (primary N) is 1. The lowest BCUT2D eigenvalue weighted by molar-refractivity contribution is 0.383. The number of rotatable bonds is 2. The number of hydrogen-bond acceptors (Lipinski definition) is 4. The molecule has 1 aromatic rings. The second-order valence-corrected chi connectivity index (χ2v) is 4.45. The molecule has 88 valence electrons. The maximum absolute atomic E-state index is 11.2. The molecule has 0 saturated heterocycles. The number of nitrogens with one attached hydrogen (secondary N) is 1. The molecule has 3 N–H and O–H groups in total. The van der Waals surface area contributed by atoms with Crippen molar-refractivity contribution < 1.29 is 0 Å². The van der Waals surface area contributed by atoms with Gasteiger partial charge >= 0.3 is 0 Å². The third-order valence-electron chi connectivity index (χ3n) is 3.31. The Bertz CT molecular complexity index is 395. The van der Waals surface area contributed by atoms with Crippen LogP contribution < -0.4 is 16.2 Å². The minimum Gasteiger partial charge on any atom is -0.356 e. The van der Waals surface area contributed by atoms with Gasteiger partial charge in [0.05, 0.1) is 6.33 Å². The number of aromatic nitrogens is 2. The van der Waals surface area contributed by atoms with E-state index in [0.29, 0.717) is 12.1 Å². The zero-order chi connectivity index (χ0) is 11.5. The Morgan fingerprint density at radius 1 is 1.44 bits per heavy atom. The molecule has 0 bridgehead atoms. The van der Waals surface area contributed by atoms with Gasteiger partial charge in [-0.15, -0.1) is 0 Å². The van der Waals surface area contributed by atoms with Gasteiger partial charge in [0.1, 0.15) is 5.82 Å². The molecule has 0 atom stereocenters. The third kappa shape index (κ3) is 2.41. The fourth-order valence-corrected chi connectivity index (χ4v) is 2.23. The number of anilines is 1. The van der Waals surface area contributed by atoms with Gasteiger partial charge in [-0.1, -0.05) is 0 Å². The van der Waals surface area contributed by atoms with Gasteiger partial charge in [0.25, 0.3) is 5.56 Å². The van der Waals surface area contributed by atoms with Crippen LogP contribution in [0, 0.1) is 0 Å². The van der Waals surface area contributed by atoms with Crippen LogP contribution in [-0.4, -0.2) is 29.1 Å². The first-order valence-electron chi connectivity index (χ1n) is 5.70. The molecule has 0 aliphatic heterocycles. The molecule has 0 aromatic carbocycles. The minimum atomic E-state index is -0.107. The van der Waals surface area contributed by atoms with Crippen molar-refractivity contribution in [1.82, 2.24) is 9.97 Å². The fraction of sp³-hybridized carbons (Fsp3) is 0.636. The van der Waals surface area contributed by atoms with E-state index in [4.69, 9.17) is 5.73 Å². The normalized spacial score (nSPS) is 25.4. The molecular formula is C11H18N4O. The molecule has 0 amide bonds. The molecule has 5 nitrogen and oxygen atoms in total. The average molecular weight is 222 g/mol. The van der Waals surface area contributed by atoms with E-state index in [1.807, 2.05) is 7.05 Å². The summed E-state index contributed by atoms with van der Waals surface area (Å²) >= 11 is 0. The molecular weight excluding hydrogens is 204 g/mol. The summed E-state index contributed by atoms with van der Waals surface area (Å²) in [6.07, 6.45) is 5.71. The molecule has 1 aliphatic carbocycles. The van der Waals surface area contributed by atoms with Crippen LogP contribution in [0.2, 0.25) is 0 Å². The predicted molar refractivity (Wildman–Crippen MR) is 63.5 cm³/mol. The quantitative estimate of drug-likeness (QED) is 0.763. The highest BCUT2D eigenvalue weighted by Crippen LogP contribution is 2.23. The van der Waals surface area contributed by atoms with Gasteiger partial charge in [-0.25, -0.2) is 4.98 Å². The highest BCUT2D eigenvalue weighted by Gasteiger charge is 2.22. The van der Waals surface area contributed by atoms with Gasteiger partial charge in [0, 0.05) is 25.2 Å². The lowest BCUT2D eigenvalue weighted by Crippen LogP contribution is -2.39. The van der Waals surface area contributed by atoms with Crippen molar-refractivity contribution in [3.8, 4) is 0 Å². The molecule has 5 heteroatoms. The van der Waals surface area contributed by atoms with Gasteiger partial charge in [-0.05, 0) is 25.7 Å². The van der Waals surface area contributed by atoms with Crippen LogP contribution in [0.4, 0.5) is 5.82 Å². The summed E-state index contributed by atoms with van der Waals surface area (Å²) in [5, 5.41) is 0. The maximum Gasteiger partial charge on any atom is 0.252 e. The second kappa shape index (κ2) is 4.65. The Kier molecular flexibility index (Phi) is 3.24. The summed E-state index contributed by atoms with van der Waals surface area (Å²) in [6.45, 7) is 0. The van der Waals surface area contributed by atoms with Crippen molar-refractivity contribution in [2.75, 3.05) is 11.9 Å². The van der Waals surface area contributed by atoms with Crippen molar-refractivity contribution in [3.05, 3.63) is 22.7 Å². The first-order chi connectivity index (χ1) is 7.66. The lowest BCUT2D eigenvalue weighted by Gasteiger charge is -2.34. The lowest BCUT2D eigenvalue weighted by atomic mass is 9.91. The molecule has 1 fully saturated rings. The molecule has 0 radical (unpaired) electrons. The van der Waals surface area contributed by atoms with Gasteiger partial charge in [-0.3, -0.25) is 4.79 Å². The monoisotopic (exact) mass is 222 g/mol. The van der Waals surface area contributed by atoms with Crippen LogP contribution in [0.5, 0.6) is 0 Å². The van der Waals surface area contributed by atoms with Crippen LogP contribution >= 0.6 is 0 Å². The topological polar surface area (TPSA) is 75.0 Å². The van der Waals surface area contributed by atoms with E-state index in [1.54, 1.807) is 0 Å². The van der Waals surface area contributed by atoms with Gasteiger partial charge in [-0.2, -0.15) is 0 Å². The van der Waals surface area contributed by atoms with E-state index in [1.165, 1.54) is 12.4 Å². The maximum atomic E-state index is 11.2. The molecule has 1 aromatic heterocycles. The van der Waals surface area contributed by atoms with E-state index in [0.717, 1.165) is 31.5 Å². The number of nitrogens with zero attached hydrogens (tertiary/aromatic N) is 2. The van der Waals surface area contributed by atoms with E-state index in [9.17, 15) is 4.79 Å². The SMILES string of the molecule is CN(c1cc(=O)[nH]cn1)C1CCC(N)CC1. The summed E-state index contributed by atoms with van der Waals surface area (Å²) < 4.78 is 0. The van der Waals surface area contributed by atoms with Crippen molar-refractivity contribution >= 4 is 5.82 Å². The molecule has 0 spiro atoms. The van der Waals surface area contributed by atoms with Crippen LogP contribution in [0.25, 0.3) is 0 Å². The van der Waals surface area contributed by atoms with Crippen molar-refractivity contribution in [1.29, 1.82) is 0 Å².